The molecule has 2 aromatic rings. The van der Waals surface area contributed by atoms with E-state index in [1.165, 1.54) is 30.5 Å². The first kappa shape index (κ1) is 27.5. The maximum Gasteiger partial charge on any atom is 0.166 e. The second kappa shape index (κ2) is 11.1. The molecule has 2 bridgehead atoms. The third-order valence-corrected chi connectivity index (χ3v) is 10.6. The van der Waals surface area contributed by atoms with Crippen LogP contribution in [0.3, 0.4) is 0 Å². The van der Waals surface area contributed by atoms with E-state index < -0.39 is 0 Å². The summed E-state index contributed by atoms with van der Waals surface area (Å²) in [7, 11) is 1.71. The van der Waals surface area contributed by atoms with Crippen molar-refractivity contribution in [3.8, 4) is 17.2 Å². The molecule has 0 aromatic heterocycles. The molecule has 0 radical (unpaired) electrons. The summed E-state index contributed by atoms with van der Waals surface area (Å²) in [6, 6.07) is 13.1. The fraction of sp³-hybridized carbons (Fsp3) is 0.657. The molecule has 3 fully saturated rings. The molecule has 41 heavy (non-hydrogen) atoms. The molecule has 6 heteroatoms. The third-order valence-electron chi connectivity index (χ3n) is 10.6. The summed E-state index contributed by atoms with van der Waals surface area (Å²) in [5, 5.41) is 0. The van der Waals surface area contributed by atoms with Crippen LogP contribution in [0, 0.1) is 5.92 Å². The van der Waals surface area contributed by atoms with Gasteiger partial charge in [-0.25, -0.2) is 0 Å². The van der Waals surface area contributed by atoms with Gasteiger partial charge in [0.05, 0.1) is 37.4 Å². The van der Waals surface area contributed by atoms with E-state index in [-0.39, 0.29) is 23.2 Å². The number of methoxy groups -OCH3 is 1. The van der Waals surface area contributed by atoms with Gasteiger partial charge in [-0.05, 0) is 93.2 Å². The van der Waals surface area contributed by atoms with Crippen molar-refractivity contribution in [1.29, 1.82) is 0 Å². The highest BCUT2D eigenvalue weighted by Crippen LogP contribution is 2.67. The minimum Gasteiger partial charge on any atom is -0.497 e. The molecule has 0 unspecified atom stereocenters. The molecule has 1 saturated heterocycles. The van der Waals surface area contributed by atoms with Gasteiger partial charge in [-0.2, -0.15) is 0 Å². The Kier molecular flexibility index (Phi) is 7.45. The van der Waals surface area contributed by atoms with Crippen LogP contribution >= 0.6 is 0 Å². The standard InChI is InChI=1S/C35H47NO5/c1-4-6-20-38-28-14-11-26-21-30-35(40-19-5-2)16-15-29(39-23-25-9-12-27(37-3)13-10-25)33-34(35,31(26)32(28)41-33)17-18-36(30)22-24-7-8-24/h9-14,24,29-30,33H,4-8,15-23H2,1-3H3/t29-,30-,33+,34+,35-/m1/s1. The molecule has 0 amide bonds. The van der Waals surface area contributed by atoms with Crippen LogP contribution < -0.4 is 14.2 Å². The van der Waals surface area contributed by atoms with E-state index in [4.69, 9.17) is 23.7 Å². The Morgan fingerprint density at radius 2 is 1.83 bits per heavy atom. The molecule has 2 aromatic carbocycles. The summed E-state index contributed by atoms with van der Waals surface area (Å²) in [6.07, 6.45) is 9.87. The van der Waals surface area contributed by atoms with Crippen LogP contribution in [-0.2, 0) is 27.9 Å². The SMILES string of the molecule is CCCCOc1ccc2c3c1O[C@H]1[C@H](OCc4ccc(OC)cc4)CC[C@@]4(OCCC)[C@@H](C2)N(CC2CC2)CC[C@]314. The summed E-state index contributed by atoms with van der Waals surface area (Å²) < 4.78 is 32.9. The molecular weight excluding hydrogens is 514 g/mol. The van der Waals surface area contributed by atoms with Gasteiger partial charge in [0.25, 0.3) is 0 Å². The molecule has 2 aliphatic heterocycles. The van der Waals surface area contributed by atoms with Gasteiger partial charge in [-0.1, -0.05) is 38.5 Å². The number of unbranched alkanes of at least 4 members (excludes halogenated alkanes) is 1. The van der Waals surface area contributed by atoms with E-state index >= 15 is 0 Å². The Labute approximate surface area is 245 Å². The summed E-state index contributed by atoms with van der Waals surface area (Å²) in [6.45, 7) is 8.82. The number of piperidine rings is 1. The normalized spacial score (nSPS) is 31.4. The number of hydrogen-bond acceptors (Lipinski definition) is 6. The van der Waals surface area contributed by atoms with Crippen LogP contribution in [0.15, 0.2) is 36.4 Å². The van der Waals surface area contributed by atoms with Crippen molar-refractivity contribution < 1.29 is 23.7 Å². The first-order valence-corrected chi connectivity index (χ1v) is 16.2. The fourth-order valence-corrected chi connectivity index (χ4v) is 8.51. The summed E-state index contributed by atoms with van der Waals surface area (Å²) in [5.74, 6) is 3.60. The highest BCUT2D eigenvalue weighted by atomic mass is 16.6. The molecule has 7 rings (SSSR count). The van der Waals surface area contributed by atoms with Crippen LogP contribution in [-0.4, -0.2) is 62.2 Å². The summed E-state index contributed by atoms with van der Waals surface area (Å²) in [4.78, 5) is 2.81. The summed E-state index contributed by atoms with van der Waals surface area (Å²) in [5.41, 5.74) is 3.49. The molecule has 0 N–H and O–H groups in total. The van der Waals surface area contributed by atoms with Crippen molar-refractivity contribution in [2.75, 3.05) is 33.4 Å². The Bertz CT molecular complexity index is 1230. The zero-order valence-corrected chi connectivity index (χ0v) is 25.2. The van der Waals surface area contributed by atoms with Crippen molar-refractivity contribution in [2.45, 2.75) is 108 Å². The minimum absolute atomic E-state index is 0.00655. The van der Waals surface area contributed by atoms with Crippen LogP contribution in [0.1, 0.15) is 81.9 Å². The van der Waals surface area contributed by atoms with Crippen molar-refractivity contribution in [1.82, 2.24) is 4.90 Å². The van der Waals surface area contributed by atoms with E-state index in [0.717, 1.165) is 93.4 Å². The van der Waals surface area contributed by atoms with Crippen LogP contribution in [0.2, 0.25) is 0 Å². The molecule has 3 aliphatic carbocycles. The average molecular weight is 562 g/mol. The molecule has 5 atom stereocenters. The number of hydrogen-bond donors (Lipinski definition) is 0. The second-order valence-electron chi connectivity index (χ2n) is 13.0. The first-order valence-electron chi connectivity index (χ1n) is 16.2. The smallest absolute Gasteiger partial charge is 0.166 e. The van der Waals surface area contributed by atoms with Gasteiger partial charge in [0.1, 0.15) is 11.9 Å². The predicted octanol–water partition coefficient (Wildman–Crippen LogP) is 6.46. The van der Waals surface area contributed by atoms with E-state index in [9.17, 15) is 0 Å². The van der Waals surface area contributed by atoms with Gasteiger partial charge in [-0.3, -0.25) is 4.90 Å². The number of likely N-dealkylation sites (tertiary alicyclic amines) is 1. The van der Waals surface area contributed by atoms with E-state index in [2.05, 4.69) is 43.0 Å². The van der Waals surface area contributed by atoms with Gasteiger partial charge in [-0.15, -0.1) is 0 Å². The quantitative estimate of drug-likeness (QED) is 0.262. The monoisotopic (exact) mass is 561 g/mol. The Morgan fingerprint density at radius 1 is 0.976 bits per heavy atom. The topological polar surface area (TPSA) is 49.4 Å². The minimum atomic E-state index is -0.263. The Hall–Kier alpha value is -2.28. The second-order valence-corrected chi connectivity index (χ2v) is 13.0. The Morgan fingerprint density at radius 3 is 2.59 bits per heavy atom. The van der Waals surface area contributed by atoms with Crippen LogP contribution in [0.25, 0.3) is 0 Å². The van der Waals surface area contributed by atoms with Gasteiger partial charge in [0.2, 0.25) is 0 Å². The molecule has 1 spiro atoms. The summed E-state index contributed by atoms with van der Waals surface area (Å²) >= 11 is 0. The van der Waals surface area contributed by atoms with Gasteiger partial charge in [0.15, 0.2) is 11.5 Å². The maximum atomic E-state index is 7.22. The van der Waals surface area contributed by atoms with Gasteiger partial charge in [0, 0.05) is 24.8 Å². The molecule has 5 aliphatic rings. The Balaban J connectivity index is 1.28. The lowest BCUT2D eigenvalue weighted by Gasteiger charge is -2.66. The lowest BCUT2D eigenvalue weighted by Crippen LogP contribution is -2.78. The molecule has 6 nitrogen and oxygen atoms in total. The van der Waals surface area contributed by atoms with E-state index in [1.807, 2.05) is 12.1 Å². The zero-order valence-electron chi connectivity index (χ0n) is 25.2. The highest BCUT2D eigenvalue weighted by Gasteiger charge is 2.74. The number of nitrogens with zero attached hydrogens (tertiary/aromatic N) is 1. The predicted molar refractivity (Wildman–Crippen MR) is 159 cm³/mol. The zero-order chi connectivity index (χ0) is 28.0. The van der Waals surface area contributed by atoms with Crippen molar-refractivity contribution in [3.05, 3.63) is 53.1 Å². The highest BCUT2D eigenvalue weighted by molar-refractivity contribution is 5.63. The number of rotatable bonds is 13. The molecule has 2 heterocycles. The lowest BCUT2D eigenvalue weighted by atomic mass is 9.48. The van der Waals surface area contributed by atoms with Crippen molar-refractivity contribution in [3.63, 3.8) is 0 Å². The van der Waals surface area contributed by atoms with Gasteiger partial charge < -0.3 is 23.7 Å². The lowest BCUT2D eigenvalue weighted by molar-refractivity contribution is -0.239. The molecule has 222 valence electrons. The largest absolute Gasteiger partial charge is 0.497 e. The van der Waals surface area contributed by atoms with Gasteiger partial charge >= 0.3 is 0 Å². The van der Waals surface area contributed by atoms with E-state index in [0.29, 0.717) is 12.6 Å². The first-order chi connectivity index (χ1) is 20.1. The van der Waals surface area contributed by atoms with Crippen LogP contribution in [0.4, 0.5) is 0 Å². The number of benzene rings is 2. The van der Waals surface area contributed by atoms with Crippen molar-refractivity contribution in [2.24, 2.45) is 5.92 Å². The maximum absolute atomic E-state index is 7.22. The third kappa shape index (κ3) is 4.47. The number of ether oxygens (including phenoxy) is 5. The molecular formula is C35H47NO5. The van der Waals surface area contributed by atoms with E-state index in [1.54, 1.807) is 7.11 Å². The average Bonchev–Trinajstić information content (AvgIpc) is 3.75. The molecule has 2 saturated carbocycles. The van der Waals surface area contributed by atoms with Crippen LogP contribution in [0.5, 0.6) is 17.2 Å². The fourth-order valence-electron chi connectivity index (χ4n) is 8.51. The van der Waals surface area contributed by atoms with Crippen molar-refractivity contribution >= 4 is 0 Å².